The van der Waals surface area contributed by atoms with E-state index in [1.165, 1.54) is 0 Å². The topological polar surface area (TPSA) is 67.4 Å². The molecule has 0 atom stereocenters. The molecule has 1 rings (SSSR count). The number of halogens is 1. The summed E-state index contributed by atoms with van der Waals surface area (Å²) < 4.78 is 30.6. The Balaban J connectivity index is 0.00000256. The van der Waals surface area contributed by atoms with Crippen LogP contribution < -0.4 is 10.0 Å². The fourth-order valence-corrected chi connectivity index (χ4v) is 2.30. The van der Waals surface area contributed by atoms with Gasteiger partial charge in [0.25, 0.3) is 0 Å². The Kier molecular flexibility index (Phi) is 8.81. The molecule has 0 aromatic carbocycles. The van der Waals surface area contributed by atoms with Crippen molar-refractivity contribution in [2.75, 3.05) is 38.6 Å². The summed E-state index contributed by atoms with van der Waals surface area (Å²) in [7, 11) is -3.19. The van der Waals surface area contributed by atoms with Crippen molar-refractivity contribution in [3.05, 3.63) is 11.6 Å². The van der Waals surface area contributed by atoms with Crippen molar-refractivity contribution in [2.24, 2.45) is 0 Å². The third-order valence-electron chi connectivity index (χ3n) is 2.38. The Morgan fingerprint density at radius 1 is 1.53 bits per heavy atom. The fourth-order valence-electron chi connectivity index (χ4n) is 1.42. The van der Waals surface area contributed by atoms with Gasteiger partial charge in [0.05, 0.1) is 12.4 Å². The van der Waals surface area contributed by atoms with Crippen LogP contribution in [0.1, 0.15) is 13.3 Å². The van der Waals surface area contributed by atoms with Crippen LogP contribution in [0.2, 0.25) is 0 Å². The highest BCUT2D eigenvalue weighted by Crippen LogP contribution is 2.02. The second-order valence-corrected chi connectivity index (χ2v) is 5.58. The van der Waals surface area contributed by atoms with Gasteiger partial charge in [-0.25, -0.2) is 13.1 Å². The predicted molar refractivity (Wildman–Crippen MR) is 71.1 cm³/mol. The number of sulfonamides is 1. The molecule has 7 heteroatoms. The molecule has 17 heavy (non-hydrogen) atoms. The molecule has 102 valence electrons. The molecule has 1 aliphatic rings. The van der Waals surface area contributed by atoms with Crippen LogP contribution in [0, 0.1) is 0 Å². The van der Waals surface area contributed by atoms with Gasteiger partial charge in [0.15, 0.2) is 0 Å². The first-order chi connectivity index (χ1) is 7.64. The number of hydrogen-bond donors (Lipinski definition) is 2. The molecule has 2 N–H and O–H groups in total. The maximum Gasteiger partial charge on any atom is 0.214 e. The van der Waals surface area contributed by atoms with E-state index in [0.717, 1.165) is 25.1 Å². The summed E-state index contributed by atoms with van der Waals surface area (Å²) in [4.78, 5) is 0. The molecule has 0 spiro atoms. The summed E-state index contributed by atoms with van der Waals surface area (Å²) in [6.07, 6.45) is 2.95. The van der Waals surface area contributed by atoms with Crippen LogP contribution in [0.25, 0.3) is 0 Å². The van der Waals surface area contributed by atoms with E-state index in [1.807, 2.05) is 13.0 Å². The molecule has 5 nitrogen and oxygen atoms in total. The van der Waals surface area contributed by atoms with Crippen LogP contribution in [0.15, 0.2) is 11.6 Å². The zero-order chi connectivity index (χ0) is 11.9. The lowest BCUT2D eigenvalue weighted by molar-refractivity contribution is 0.163. The molecule has 1 heterocycles. The SMILES string of the molecule is CCOCCS(=O)(=O)NCC1=CCNCC1.Cl. The van der Waals surface area contributed by atoms with E-state index in [4.69, 9.17) is 4.74 Å². The Morgan fingerprint density at radius 3 is 2.88 bits per heavy atom. The van der Waals surface area contributed by atoms with Gasteiger partial charge in [0.2, 0.25) is 10.0 Å². The summed E-state index contributed by atoms with van der Waals surface area (Å²) in [5.41, 5.74) is 1.15. The third kappa shape index (κ3) is 7.72. The lowest BCUT2D eigenvalue weighted by Gasteiger charge is -2.14. The van der Waals surface area contributed by atoms with Gasteiger partial charge in [-0.05, 0) is 19.9 Å². The normalized spacial score (nSPS) is 16.2. The summed E-state index contributed by atoms with van der Waals surface area (Å²) >= 11 is 0. The Morgan fingerprint density at radius 2 is 2.29 bits per heavy atom. The molecule has 0 bridgehead atoms. The lowest BCUT2D eigenvalue weighted by atomic mass is 10.1. The van der Waals surface area contributed by atoms with Crippen molar-refractivity contribution in [3.63, 3.8) is 0 Å². The van der Waals surface area contributed by atoms with Crippen LogP contribution in [0.4, 0.5) is 0 Å². The molecule has 0 saturated carbocycles. The Bertz CT molecular complexity index is 330. The molecule has 0 aromatic rings. The van der Waals surface area contributed by atoms with Crippen molar-refractivity contribution in [3.8, 4) is 0 Å². The molecule has 0 amide bonds. The van der Waals surface area contributed by atoms with Gasteiger partial charge >= 0.3 is 0 Å². The van der Waals surface area contributed by atoms with Gasteiger partial charge in [-0.15, -0.1) is 12.4 Å². The van der Waals surface area contributed by atoms with E-state index < -0.39 is 10.0 Å². The first kappa shape index (κ1) is 16.9. The summed E-state index contributed by atoms with van der Waals surface area (Å²) in [5.74, 6) is 0.0341. The first-order valence-electron chi connectivity index (χ1n) is 5.58. The maximum atomic E-state index is 11.5. The monoisotopic (exact) mass is 284 g/mol. The average molecular weight is 285 g/mol. The summed E-state index contributed by atoms with van der Waals surface area (Å²) in [5, 5.41) is 3.18. The summed E-state index contributed by atoms with van der Waals surface area (Å²) in [6, 6.07) is 0. The molecule has 0 unspecified atom stereocenters. The lowest BCUT2D eigenvalue weighted by Crippen LogP contribution is -2.32. The Labute approximate surface area is 109 Å². The van der Waals surface area contributed by atoms with Gasteiger partial charge in [0, 0.05) is 19.7 Å². The maximum absolute atomic E-state index is 11.5. The molecular weight excluding hydrogens is 264 g/mol. The van der Waals surface area contributed by atoms with E-state index >= 15 is 0 Å². The zero-order valence-corrected chi connectivity index (χ0v) is 11.7. The van der Waals surface area contributed by atoms with Gasteiger partial charge in [-0.2, -0.15) is 0 Å². The van der Waals surface area contributed by atoms with E-state index in [9.17, 15) is 8.42 Å². The largest absolute Gasteiger partial charge is 0.381 e. The van der Waals surface area contributed by atoms with Gasteiger partial charge in [0.1, 0.15) is 0 Å². The van der Waals surface area contributed by atoms with Crippen molar-refractivity contribution in [1.82, 2.24) is 10.0 Å². The molecule has 0 aromatic heterocycles. The predicted octanol–water partition coefficient (Wildman–Crippen LogP) is 0.284. The third-order valence-corrected chi connectivity index (χ3v) is 3.67. The molecule has 1 aliphatic heterocycles. The van der Waals surface area contributed by atoms with E-state index in [2.05, 4.69) is 10.0 Å². The van der Waals surface area contributed by atoms with Crippen LogP contribution in [0.3, 0.4) is 0 Å². The first-order valence-corrected chi connectivity index (χ1v) is 7.23. The fraction of sp³-hybridized carbons (Fsp3) is 0.800. The van der Waals surface area contributed by atoms with Crippen LogP contribution in [0.5, 0.6) is 0 Å². The van der Waals surface area contributed by atoms with Crippen LogP contribution >= 0.6 is 12.4 Å². The van der Waals surface area contributed by atoms with E-state index in [0.29, 0.717) is 13.2 Å². The molecule has 0 radical (unpaired) electrons. The van der Waals surface area contributed by atoms with Crippen molar-refractivity contribution in [1.29, 1.82) is 0 Å². The smallest absolute Gasteiger partial charge is 0.214 e. The highest BCUT2D eigenvalue weighted by molar-refractivity contribution is 7.89. The molecular formula is C10H21ClN2O3S. The van der Waals surface area contributed by atoms with Gasteiger partial charge in [-0.3, -0.25) is 0 Å². The number of nitrogens with one attached hydrogen (secondary N) is 2. The molecule has 0 aliphatic carbocycles. The van der Waals surface area contributed by atoms with Gasteiger partial charge in [-0.1, -0.05) is 11.6 Å². The minimum atomic E-state index is -3.19. The molecule has 0 fully saturated rings. The van der Waals surface area contributed by atoms with E-state index in [1.54, 1.807) is 0 Å². The Hall–Kier alpha value is -0.140. The number of ether oxygens (including phenoxy) is 1. The van der Waals surface area contributed by atoms with Crippen molar-refractivity contribution >= 4 is 22.4 Å². The zero-order valence-electron chi connectivity index (χ0n) is 10.1. The number of hydrogen-bond acceptors (Lipinski definition) is 4. The average Bonchev–Trinajstić information content (AvgIpc) is 2.28. The summed E-state index contributed by atoms with van der Waals surface area (Å²) in [6.45, 7) is 4.83. The van der Waals surface area contributed by atoms with E-state index in [-0.39, 0.29) is 24.8 Å². The standard InChI is InChI=1S/C10H20N2O3S.ClH/c1-2-15-7-8-16(13,14)12-9-10-3-5-11-6-4-10;/h3,11-12H,2,4-9H2,1H3;1H. The number of rotatable bonds is 7. The van der Waals surface area contributed by atoms with Crippen molar-refractivity contribution in [2.45, 2.75) is 13.3 Å². The van der Waals surface area contributed by atoms with Crippen LogP contribution in [-0.2, 0) is 14.8 Å². The van der Waals surface area contributed by atoms with Crippen molar-refractivity contribution < 1.29 is 13.2 Å². The highest BCUT2D eigenvalue weighted by Gasteiger charge is 2.11. The second kappa shape index (κ2) is 8.88. The minimum Gasteiger partial charge on any atom is -0.381 e. The molecule has 0 saturated heterocycles. The minimum absolute atomic E-state index is 0. The highest BCUT2D eigenvalue weighted by atomic mass is 35.5. The quantitative estimate of drug-likeness (QED) is 0.521. The van der Waals surface area contributed by atoms with Gasteiger partial charge < -0.3 is 10.1 Å². The second-order valence-electron chi connectivity index (χ2n) is 3.65. The van der Waals surface area contributed by atoms with Crippen LogP contribution in [-0.4, -0.2) is 47.0 Å².